The second kappa shape index (κ2) is 12.6. The lowest BCUT2D eigenvalue weighted by atomic mass is 9.76. The fourth-order valence-electron chi connectivity index (χ4n) is 6.28. The molecule has 7 nitrogen and oxygen atoms in total. The second-order valence-electron chi connectivity index (χ2n) is 10.9. The van der Waals surface area contributed by atoms with Crippen LogP contribution < -0.4 is 14.7 Å². The van der Waals surface area contributed by atoms with Crippen LogP contribution in [-0.2, 0) is 0 Å². The van der Waals surface area contributed by atoms with Crippen LogP contribution in [0.5, 0.6) is 0 Å². The number of para-hydroxylation sites is 2. The summed E-state index contributed by atoms with van der Waals surface area (Å²) in [4.78, 5) is 15.6. The van der Waals surface area contributed by atoms with Gasteiger partial charge < -0.3 is 24.9 Å². The van der Waals surface area contributed by atoms with Gasteiger partial charge in [0, 0.05) is 69.5 Å². The van der Waals surface area contributed by atoms with Gasteiger partial charge >= 0.3 is 0 Å². The molecule has 2 aromatic carbocycles. The molecular weight excluding hydrogens is 474 g/mol. The summed E-state index contributed by atoms with van der Waals surface area (Å²) in [6.45, 7) is 4.19. The number of aliphatic hydroxyl groups excluding tert-OH is 2. The third-order valence-electron chi connectivity index (χ3n) is 8.54. The number of rotatable bonds is 9. The normalized spacial score (nSPS) is 19.7. The molecule has 7 heteroatoms. The Morgan fingerprint density at radius 2 is 1.13 bits per heavy atom. The predicted octanol–water partition coefficient (Wildman–Crippen LogP) is 4.08. The van der Waals surface area contributed by atoms with Crippen LogP contribution in [0.1, 0.15) is 25.7 Å². The minimum Gasteiger partial charge on any atom is -0.392 e. The molecule has 2 fully saturated rings. The van der Waals surface area contributed by atoms with Crippen molar-refractivity contribution in [3.8, 4) is 0 Å². The minimum atomic E-state index is -0.582. The Morgan fingerprint density at radius 1 is 0.711 bits per heavy atom. The molecule has 2 N–H and O–H groups in total. The van der Waals surface area contributed by atoms with Crippen molar-refractivity contribution in [3.05, 3.63) is 79.1 Å². The molecule has 3 heterocycles. The van der Waals surface area contributed by atoms with E-state index in [0.717, 1.165) is 51.9 Å². The van der Waals surface area contributed by atoms with E-state index < -0.39 is 12.2 Å². The molecule has 0 aliphatic carbocycles. The molecule has 0 saturated carbocycles. The van der Waals surface area contributed by atoms with Gasteiger partial charge in [-0.15, -0.1) is 0 Å². The van der Waals surface area contributed by atoms with Crippen LogP contribution in [0.25, 0.3) is 0 Å². The number of piperidine rings is 2. The molecule has 2 atom stereocenters. The summed E-state index contributed by atoms with van der Waals surface area (Å²) < 4.78 is 0. The Kier molecular flexibility index (Phi) is 8.76. The van der Waals surface area contributed by atoms with Gasteiger partial charge in [-0.1, -0.05) is 36.4 Å². The molecular formula is C31H41N5O2. The van der Waals surface area contributed by atoms with E-state index in [1.807, 2.05) is 24.1 Å². The van der Waals surface area contributed by atoms with Crippen LogP contribution in [0.15, 0.2) is 79.1 Å². The highest BCUT2D eigenvalue weighted by molar-refractivity contribution is 5.47. The highest BCUT2D eigenvalue weighted by Crippen LogP contribution is 2.34. The lowest BCUT2D eigenvalue weighted by molar-refractivity contribution is -0.0477. The Hall–Kier alpha value is -3.16. The molecule has 3 aromatic rings. The van der Waals surface area contributed by atoms with E-state index >= 15 is 0 Å². The molecule has 5 rings (SSSR count). The maximum atomic E-state index is 11.8. The standard InChI is InChI=1S/C31H41N5O2/c1-34(31-32-17-8-18-33-31)23-28(29(37)24-13-19-35(20-14-24)26-9-4-2-5-10-26)30(38)25-15-21-36(22-16-25)27-11-6-3-7-12-27/h2-12,17-18,24-25,28-30,37-38H,13-16,19-23H2,1H3. The van der Waals surface area contributed by atoms with Crippen molar-refractivity contribution in [3.63, 3.8) is 0 Å². The van der Waals surface area contributed by atoms with Crippen molar-refractivity contribution in [2.45, 2.75) is 37.9 Å². The third-order valence-corrected chi connectivity index (χ3v) is 8.54. The van der Waals surface area contributed by atoms with Crippen molar-refractivity contribution < 1.29 is 10.2 Å². The first kappa shape index (κ1) is 26.4. The van der Waals surface area contributed by atoms with E-state index in [1.165, 1.54) is 11.4 Å². The Balaban J connectivity index is 1.26. The number of aliphatic hydroxyl groups is 2. The second-order valence-corrected chi connectivity index (χ2v) is 10.9. The molecule has 38 heavy (non-hydrogen) atoms. The Labute approximate surface area is 226 Å². The maximum absolute atomic E-state index is 11.8. The first-order valence-corrected chi connectivity index (χ1v) is 14.0. The van der Waals surface area contributed by atoms with Crippen molar-refractivity contribution in [2.24, 2.45) is 17.8 Å². The van der Waals surface area contributed by atoms with Crippen LogP contribution >= 0.6 is 0 Å². The molecule has 2 saturated heterocycles. The Bertz CT molecular complexity index is 1020. The first-order chi connectivity index (χ1) is 18.6. The zero-order chi connectivity index (χ0) is 26.3. The summed E-state index contributed by atoms with van der Waals surface area (Å²) in [6, 6.07) is 22.8. The molecule has 0 radical (unpaired) electrons. The number of hydrogen-bond donors (Lipinski definition) is 2. The fourth-order valence-corrected chi connectivity index (χ4v) is 6.28. The van der Waals surface area contributed by atoms with Crippen LogP contribution in [0.3, 0.4) is 0 Å². The molecule has 0 spiro atoms. The van der Waals surface area contributed by atoms with Gasteiger partial charge in [-0.05, 0) is 67.9 Å². The number of aromatic nitrogens is 2. The largest absolute Gasteiger partial charge is 0.392 e. The van der Waals surface area contributed by atoms with Gasteiger partial charge in [-0.2, -0.15) is 0 Å². The summed E-state index contributed by atoms with van der Waals surface area (Å²) in [5, 5.41) is 23.5. The van der Waals surface area contributed by atoms with Gasteiger partial charge in [-0.3, -0.25) is 0 Å². The highest BCUT2D eigenvalue weighted by Gasteiger charge is 2.39. The van der Waals surface area contributed by atoms with E-state index in [1.54, 1.807) is 18.5 Å². The third kappa shape index (κ3) is 6.27. The summed E-state index contributed by atoms with van der Waals surface area (Å²) in [7, 11) is 1.96. The molecule has 2 unspecified atom stereocenters. The van der Waals surface area contributed by atoms with E-state index in [-0.39, 0.29) is 17.8 Å². The molecule has 2 aliphatic rings. The first-order valence-electron chi connectivity index (χ1n) is 14.0. The van der Waals surface area contributed by atoms with Crippen LogP contribution in [0, 0.1) is 17.8 Å². The lowest BCUT2D eigenvalue weighted by Crippen LogP contribution is -2.50. The van der Waals surface area contributed by atoms with Gasteiger partial charge in [0.05, 0.1) is 12.2 Å². The summed E-state index contributed by atoms with van der Waals surface area (Å²) in [6.07, 6.45) is 5.96. The van der Waals surface area contributed by atoms with Crippen molar-refractivity contribution in [1.82, 2.24) is 9.97 Å². The summed E-state index contributed by atoms with van der Waals surface area (Å²) >= 11 is 0. The zero-order valence-corrected chi connectivity index (χ0v) is 22.4. The van der Waals surface area contributed by atoms with Crippen LogP contribution in [0.2, 0.25) is 0 Å². The van der Waals surface area contributed by atoms with Crippen molar-refractivity contribution >= 4 is 17.3 Å². The van der Waals surface area contributed by atoms with E-state index in [9.17, 15) is 10.2 Å². The maximum Gasteiger partial charge on any atom is 0.224 e. The van der Waals surface area contributed by atoms with Gasteiger partial charge in [0.15, 0.2) is 0 Å². The molecule has 202 valence electrons. The quantitative estimate of drug-likeness (QED) is 0.445. The average Bonchev–Trinajstić information content (AvgIpc) is 3.00. The smallest absolute Gasteiger partial charge is 0.224 e. The van der Waals surface area contributed by atoms with Crippen molar-refractivity contribution in [1.29, 1.82) is 0 Å². The van der Waals surface area contributed by atoms with Gasteiger partial charge in [0.1, 0.15) is 0 Å². The van der Waals surface area contributed by atoms with Crippen molar-refractivity contribution in [2.75, 3.05) is 54.5 Å². The molecule has 2 aliphatic heterocycles. The van der Waals surface area contributed by atoms with E-state index in [2.05, 4.69) is 68.3 Å². The Morgan fingerprint density at radius 3 is 1.55 bits per heavy atom. The van der Waals surface area contributed by atoms with E-state index in [0.29, 0.717) is 12.5 Å². The molecule has 1 aromatic heterocycles. The molecule has 0 bridgehead atoms. The summed E-state index contributed by atoms with van der Waals surface area (Å²) in [5.74, 6) is 0.660. The highest BCUT2D eigenvalue weighted by atomic mass is 16.3. The van der Waals surface area contributed by atoms with Crippen LogP contribution in [-0.4, -0.2) is 72.2 Å². The topological polar surface area (TPSA) is 76.0 Å². The predicted molar refractivity (Wildman–Crippen MR) is 154 cm³/mol. The summed E-state index contributed by atoms with van der Waals surface area (Å²) in [5.41, 5.74) is 2.48. The van der Waals surface area contributed by atoms with Crippen LogP contribution in [0.4, 0.5) is 17.3 Å². The zero-order valence-electron chi connectivity index (χ0n) is 22.4. The minimum absolute atomic E-state index is 0.157. The lowest BCUT2D eigenvalue weighted by Gasteiger charge is -2.43. The SMILES string of the molecule is CN(CC(C(O)C1CCN(c2ccccc2)CC1)C(O)C1CCN(c2ccccc2)CC1)c1ncccn1. The molecule has 0 amide bonds. The average molecular weight is 516 g/mol. The van der Waals surface area contributed by atoms with E-state index in [4.69, 9.17) is 0 Å². The number of hydrogen-bond acceptors (Lipinski definition) is 7. The van der Waals surface area contributed by atoms with Gasteiger partial charge in [0.25, 0.3) is 0 Å². The number of benzene rings is 2. The van der Waals surface area contributed by atoms with Gasteiger partial charge in [0.2, 0.25) is 5.95 Å². The number of anilines is 3. The fraction of sp³-hybridized carbons (Fsp3) is 0.484. The van der Waals surface area contributed by atoms with Gasteiger partial charge in [-0.25, -0.2) is 9.97 Å². The monoisotopic (exact) mass is 515 g/mol. The number of nitrogens with zero attached hydrogens (tertiary/aromatic N) is 5.